The molecule has 0 aromatic rings. The van der Waals surface area contributed by atoms with Crippen LogP contribution in [0.2, 0.25) is 0 Å². The van der Waals surface area contributed by atoms with Crippen molar-refractivity contribution < 1.29 is 4.74 Å². The van der Waals surface area contributed by atoms with Gasteiger partial charge in [-0.3, -0.25) is 4.99 Å². The molecule has 0 saturated heterocycles. The standard InChI is InChI=1S/C9H20N2O/c1-5-9(6-2,12-7-3)8(10)11-4/h5-7H2,1-4H3,(H2,10,11). The van der Waals surface area contributed by atoms with E-state index in [1.54, 1.807) is 7.05 Å². The second-order valence-electron chi connectivity index (χ2n) is 2.74. The Hall–Kier alpha value is -0.570. The number of ether oxygens (including phenoxy) is 1. The average molecular weight is 172 g/mol. The lowest BCUT2D eigenvalue weighted by atomic mass is 9.96. The molecule has 0 aliphatic heterocycles. The van der Waals surface area contributed by atoms with Crippen molar-refractivity contribution >= 4 is 5.84 Å². The summed E-state index contributed by atoms with van der Waals surface area (Å²) in [6.45, 7) is 6.79. The number of amidine groups is 1. The summed E-state index contributed by atoms with van der Waals surface area (Å²) in [6, 6.07) is 0. The van der Waals surface area contributed by atoms with Crippen LogP contribution in [0.5, 0.6) is 0 Å². The summed E-state index contributed by atoms with van der Waals surface area (Å²) in [7, 11) is 1.70. The van der Waals surface area contributed by atoms with Crippen LogP contribution < -0.4 is 5.73 Å². The highest BCUT2D eigenvalue weighted by Gasteiger charge is 2.30. The minimum Gasteiger partial charge on any atom is -0.385 e. The van der Waals surface area contributed by atoms with Gasteiger partial charge >= 0.3 is 0 Å². The molecule has 0 spiro atoms. The molecule has 0 fully saturated rings. The molecule has 3 heteroatoms. The first-order valence-corrected chi connectivity index (χ1v) is 4.53. The van der Waals surface area contributed by atoms with E-state index in [0.29, 0.717) is 12.4 Å². The number of nitrogens with zero attached hydrogens (tertiary/aromatic N) is 1. The van der Waals surface area contributed by atoms with E-state index in [2.05, 4.69) is 18.8 Å². The van der Waals surface area contributed by atoms with Gasteiger partial charge in [0.1, 0.15) is 11.4 Å². The molecule has 0 atom stereocenters. The van der Waals surface area contributed by atoms with Crippen LogP contribution >= 0.6 is 0 Å². The van der Waals surface area contributed by atoms with Crippen molar-refractivity contribution in [2.45, 2.75) is 39.2 Å². The Bertz CT molecular complexity index is 151. The summed E-state index contributed by atoms with van der Waals surface area (Å²) in [4.78, 5) is 3.99. The van der Waals surface area contributed by atoms with Gasteiger partial charge in [0.15, 0.2) is 0 Å². The summed E-state index contributed by atoms with van der Waals surface area (Å²) >= 11 is 0. The Kier molecular flexibility index (Phi) is 4.90. The zero-order valence-corrected chi connectivity index (χ0v) is 8.55. The molecule has 0 radical (unpaired) electrons. The largest absolute Gasteiger partial charge is 0.385 e. The summed E-state index contributed by atoms with van der Waals surface area (Å²) < 4.78 is 5.62. The minimum absolute atomic E-state index is 0.330. The Balaban J connectivity index is 4.56. The molecule has 0 amide bonds. The van der Waals surface area contributed by atoms with Gasteiger partial charge in [0.2, 0.25) is 0 Å². The maximum absolute atomic E-state index is 5.78. The third-order valence-corrected chi connectivity index (χ3v) is 2.27. The summed E-state index contributed by atoms with van der Waals surface area (Å²) in [5.74, 6) is 0.606. The summed E-state index contributed by atoms with van der Waals surface area (Å²) in [6.07, 6.45) is 1.75. The van der Waals surface area contributed by atoms with Gasteiger partial charge in [-0.2, -0.15) is 0 Å². The fraction of sp³-hybridized carbons (Fsp3) is 0.889. The Labute approximate surface area is 75.0 Å². The third kappa shape index (κ3) is 2.21. The van der Waals surface area contributed by atoms with Crippen molar-refractivity contribution in [2.75, 3.05) is 13.7 Å². The monoisotopic (exact) mass is 172 g/mol. The number of hydrogen-bond donors (Lipinski definition) is 1. The van der Waals surface area contributed by atoms with E-state index in [1.165, 1.54) is 0 Å². The fourth-order valence-electron chi connectivity index (χ4n) is 1.37. The van der Waals surface area contributed by atoms with E-state index in [1.807, 2.05) is 6.92 Å². The lowest BCUT2D eigenvalue weighted by molar-refractivity contribution is 0.00868. The van der Waals surface area contributed by atoms with E-state index in [-0.39, 0.29) is 5.60 Å². The zero-order chi connectivity index (χ0) is 9.61. The van der Waals surface area contributed by atoms with Crippen LogP contribution in [-0.2, 0) is 4.74 Å². The van der Waals surface area contributed by atoms with E-state index in [0.717, 1.165) is 12.8 Å². The predicted molar refractivity (Wildman–Crippen MR) is 52.5 cm³/mol. The molecule has 0 aromatic carbocycles. The Morgan fingerprint density at radius 2 is 1.83 bits per heavy atom. The normalized spacial score (nSPS) is 13.5. The van der Waals surface area contributed by atoms with Crippen LogP contribution in [0.25, 0.3) is 0 Å². The molecule has 0 bridgehead atoms. The topological polar surface area (TPSA) is 47.6 Å². The summed E-state index contributed by atoms with van der Waals surface area (Å²) in [5, 5.41) is 0. The van der Waals surface area contributed by atoms with Gasteiger partial charge in [0.05, 0.1) is 0 Å². The van der Waals surface area contributed by atoms with Crippen LogP contribution in [0.4, 0.5) is 0 Å². The number of aliphatic imine (C=N–C) groups is 1. The molecule has 0 aromatic heterocycles. The maximum atomic E-state index is 5.78. The molecular formula is C9H20N2O. The molecule has 0 aliphatic carbocycles. The SMILES string of the molecule is CCOC(CC)(CC)C(N)=NC. The predicted octanol–water partition coefficient (Wildman–Crippen LogP) is 1.57. The first kappa shape index (κ1) is 11.4. The second kappa shape index (κ2) is 5.14. The molecule has 0 saturated carbocycles. The van der Waals surface area contributed by atoms with Gasteiger partial charge in [0, 0.05) is 13.7 Å². The molecular weight excluding hydrogens is 152 g/mol. The van der Waals surface area contributed by atoms with Crippen molar-refractivity contribution in [2.24, 2.45) is 10.7 Å². The first-order valence-electron chi connectivity index (χ1n) is 4.53. The van der Waals surface area contributed by atoms with Crippen molar-refractivity contribution in [1.82, 2.24) is 0 Å². The minimum atomic E-state index is -0.330. The van der Waals surface area contributed by atoms with E-state index in [9.17, 15) is 0 Å². The van der Waals surface area contributed by atoms with Crippen LogP contribution in [0.1, 0.15) is 33.6 Å². The average Bonchev–Trinajstić information content (AvgIpc) is 2.13. The summed E-state index contributed by atoms with van der Waals surface area (Å²) in [5.41, 5.74) is 5.45. The molecule has 0 heterocycles. The zero-order valence-electron chi connectivity index (χ0n) is 8.55. The highest BCUT2D eigenvalue weighted by Crippen LogP contribution is 2.20. The molecule has 3 nitrogen and oxygen atoms in total. The van der Waals surface area contributed by atoms with E-state index >= 15 is 0 Å². The Morgan fingerprint density at radius 3 is 2.08 bits per heavy atom. The Morgan fingerprint density at radius 1 is 1.33 bits per heavy atom. The lowest BCUT2D eigenvalue weighted by Crippen LogP contribution is -2.45. The third-order valence-electron chi connectivity index (χ3n) is 2.27. The lowest BCUT2D eigenvalue weighted by Gasteiger charge is -2.30. The number of rotatable bonds is 5. The van der Waals surface area contributed by atoms with Gasteiger partial charge in [-0.1, -0.05) is 13.8 Å². The molecule has 2 N–H and O–H groups in total. The van der Waals surface area contributed by atoms with Gasteiger partial charge < -0.3 is 10.5 Å². The van der Waals surface area contributed by atoms with Crippen molar-refractivity contribution in [1.29, 1.82) is 0 Å². The maximum Gasteiger partial charge on any atom is 0.126 e. The van der Waals surface area contributed by atoms with Crippen LogP contribution in [0, 0.1) is 0 Å². The number of hydrogen-bond acceptors (Lipinski definition) is 2. The van der Waals surface area contributed by atoms with E-state index < -0.39 is 0 Å². The van der Waals surface area contributed by atoms with Gasteiger partial charge in [-0.05, 0) is 19.8 Å². The quantitative estimate of drug-likeness (QED) is 0.505. The first-order chi connectivity index (χ1) is 5.66. The van der Waals surface area contributed by atoms with Crippen molar-refractivity contribution in [3.05, 3.63) is 0 Å². The highest BCUT2D eigenvalue weighted by atomic mass is 16.5. The number of nitrogens with two attached hydrogens (primary N) is 1. The van der Waals surface area contributed by atoms with Crippen molar-refractivity contribution in [3.8, 4) is 0 Å². The van der Waals surface area contributed by atoms with Crippen LogP contribution in [-0.4, -0.2) is 25.1 Å². The second-order valence-corrected chi connectivity index (χ2v) is 2.74. The van der Waals surface area contributed by atoms with Crippen molar-refractivity contribution in [3.63, 3.8) is 0 Å². The molecule has 72 valence electrons. The van der Waals surface area contributed by atoms with E-state index in [4.69, 9.17) is 10.5 Å². The van der Waals surface area contributed by atoms with Gasteiger partial charge in [0.25, 0.3) is 0 Å². The van der Waals surface area contributed by atoms with Gasteiger partial charge in [-0.15, -0.1) is 0 Å². The highest BCUT2D eigenvalue weighted by molar-refractivity contribution is 5.88. The van der Waals surface area contributed by atoms with Crippen LogP contribution in [0.3, 0.4) is 0 Å². The smallest absolute Gasteiger partial charge is 0.126 e. The van der Waals surface area contributed by atoms with Crippen LogP contribution in [0.15, 0.2) is 4.99 Å². The molecule has 0 unspecified atom stereocenters. The van der Waals surface area contributed by atoms with Gasteiger partial charge in [-0.25, -0.2) is 0 Å². The molecule has 12 heavy (non-hydrogen) atoms. The molecule has 0 rings (SSSR count). The molecule has 0 aliphatic rings. The fourth-order valence-corrected chi connectivity index (χ4v) is 1.37.